The predicted octanol–water partition coefficient (Wildman–Crippen LogP) is 5.73. The quantitative estimate of drug-likeness (QED) is 0.437. The maximum Gasteiger partial charge on any atom is 0.203 e. The van der Waals surface area contributed by atoms with Gasteiger partial charge >= 0.3 is 0 Å². The summed E-state index contributed by atoms with van der Waals surface area (Å²) in [6, 6.07) is 18.3. The lowest BCUT2D eigenvalue weighted by Gasteiger charge is -2.15. The summed E-state index contributed by atoms with van der Waals surface area (Å²) in [5.41, 5.74) is 3.57. The molecule has 0 spiro atoms. The highest BCUT2D eigenvalue weighted by Crippen LogP contribution is 2.42. The molecule has 4 nitrogen and oxygen atoms in total. The number of fused-ring (bicyclic) bond motifs is 1. The molecule has 146 valence electrons. The molecule has 4 rings (SSSR count). The van der Waals surface area contributed by atoms with Gasteiger partial charge in [0.1, 0.15) is 5.82 Å². The summed E-state index contributed by atoms with van der Waals surface area (Å²) in [5, 5.41) is 2.03. The molecule has 3 aromatic carbocycles. The SMILES string of the molecule is COc1cc(-c2nccc3ccc(-c4ccc(F)cc4)cc23)cc(OC)c1OC. The molecule has 0 radical (unpaired) electrons. The number of halogens is 1. The van der Waals surface area contributed by atoms with E-state index in [4.69, 9.17) is 14.2 Å². The molecule has 4 aromatic rings. The number of rotatable bonds is 5. The smallest absolute Gasteiger partial charge is 0.203 e. The van der Waals surface area contributed by atoms with E-state index in [1.54, 1.807) is 39.7 Å². The van der Waals surface area contributed by atoms with E-state index < -0.39 is 0 Å². The third kappa shape index (κ3) is 3.47. The highest BCUT2D eigenvalue weighted by Gasteiger charge is 2.16. The molecule has 1 heterocycles. The second-order valence-electron chi connectivity index (χ2n) is 6.52. The summed E-state index contributed by atoms with van der Waals surface area (Å²) in [7, 11) is 4.75. The lowest BCUT2D eigenvalue weighted by Crippen LogP contribution is -1.96. The average Bonchev–Trinajstić information content (AvgIpc) is 2.77. The third-order valence-electron chi connectivity index (χ3n) is 4.88. The summed E-state index contributed by atoms with van der Waals surface area (Å²) in [6.45, 7) is 0. The van der Waals surface area contributed by atoms with Crippen LogP contribution in [0.2, 0.25) is 0 Å². The molecule has 0 bridgehead atoms. The number of aromatic nitrogens is 1. The Kier molecular flexibility index (Phi) is 5.04. The molecule has 0 aliphatic carbocycles. The van der Waals surface area contributed by atoms with Gasteiger partial charge in [-0.1, -0.05) is 24.3 Å². The molecular formula is C24H20FNO3. The van der Waals surface area contributed by atoms with E-state index in [0.29, 0.717) is 17.2 Å². The lowest BCUT2D eigenvalue weighted by molar-refractivity contribution is 0.324. The standard InChI is InChI=1S/C24H20FNO3/c1-27-21-13-18(14-22(28-2)24(21)29-3)23-20-12-17(5-4-16(20)10-11-26-23)15-6-8-19(25)9-7-15/h4-14H,1-3H3. The number of hydrogen-bond donors (Lipinski definition) is 0. The Labute approximate surface area is 168 Å². The van der Waals surface area contributed by atoms with Crippen LogP contribution in [0.15, 0.2) is 66.9 Å². The molecule has 1 aromatic heterocycles. The van der Waals surface area contributed by atoms with Crippen LogP contribution in [0.1, 0.15) is 0 Å². The van der Waals surface area contributed by atoms with Gasteiger partial charge in [0, 0.05) is 17.1 Å². The van der Waals surface area contributed by atoms with Crippen molar-refractivity contribution in [3.63, 3.8) is 0 Å². The topological polar surface area (TPSA) is 40.6 Å². The van der Waals surface area contributed by atoms with Crippen molar-refractivity contribution in [1.82, 2.24) is 4.98 Å². The molecule has 0 unspecified atom stereocenters. The van der Waals surface area contributed by atoms with Gasteiger partial charge in [0.05, 0.1) is 27.0 Å². The normalized spacial score (nSPS) is 10.8. The van der Waals surface area contributed by atoms with Crippen molar-refractivity contribution in [2.75, 3.05) is 21.3 Å². The zero-order valence-electron chi connectivity index (χ0n) is 16.4. The van der Waals surface area contributed by atoms with Crippen LogP contribution in [0, 0.1) is 5.82 Å². The second-order valence-corrected chi connectivity index (χ2v) is 6.52. The molecule has 0 aliphatic heterocycles. The van der Waals surface area contributed by atoms with Gasteiger partial charge in [-0.2, -0.15) is 0 Å². The van der Waals surface area contributed by atoms with Crippen LogP contribution < -0.4 is 14.2 Å². The van der Waals surface area contributed by atoms with Gasteiger partial charge in [-0.15, -0.1) is 0 Å². The van der Waals surface area contributed by atoms with Crippen LogP contribution in [0.5, 0.6) is 17.2 Å². The van der Waals surface area contributed by atoms with Crippen molar-refractivity contribution in [2.45, 2.75) is 0 Å². The Balaban J connectivity index is 1.92. The molecule has 5 heteroatoms. The molecule has 0 saturated heterocycles. The largest absolute Gasteiger partial charge is 0.493 e. The minimum atomic E-state index is -0.255. The number of hydrogen-bond acceptors (Lipinski definition) is 4. The third-order valence-corrected chi connectivity index (χ3v) is 4.88. The van der Waals surface area contributed by atoms with Crippen LogP contribution in [-0.4, -0.2) is 26.3 Å². The molecule has 0 fully saturated rings. The number of pyridine rings is 1. The maximum atomic E-state index is 13.3. The van der Waals surface area contributed by atoms with E-state index in [0.717, 1.165) is 33.2 Å². The average molecular weight is 389 g/mol. The Morgan fingerprint density at radius 1 is 0.690 bits per heavy atom. The maximum absolute atomic E-state index is 13.3. The van der Waals surface area contributed by atoms with Crippen LogP contribution >= 0.6 is 0 Å². The van der Waals surface area contributed by atoms with Crippen LogP contribution in [0.25, 0.3) is 33.2 Å². The fraction of sp³-hybridized carbons (Fsp3) is 0.125. The molecule has 0 amide bonds. The summed E-state index contributed by atoms with van der Waals surface area (Å²) < 4.78 is 29.7. The number of benzene rings is 3. The Morgan fingerprint density at radius 3 is 1.97 bits per heavy atom. The number of nitrogens with zero attached hydrogens (tertiary/aromatic N) is 1. The number of methoxy groups -OCH3 is 3. The second kappa shape index (κ2) is 7.80. The van der Waals surface area contributed by atoms with Crippen LogP contribution in [0.4, 0.5) is 4.39 Å². The van der Waals surface area contributed by atoms with Crippen molar-refractivity contribution in [1.29, 1.82) is 0 Å². The minimum Gasteiger partial charge on any atom is -0.493 e. The highest BCUT2D eigenvalue weighted by molar-refractivity contribution is 5.97. The molecule has 0 atom stereocenters. The summed E-state index contributed by atoms with van der Waals surface area (Å²) in [6.07, 6.45) is 1.78. The molecule has 0 aliphatic rings. The van der Waals surface area contributed by atoms with Gasteiger partial charge in [-0.05, 0) is 52.9 Å². The van der Waals surface area contributed by atoms with E-state index in [2.05, 4.69) is 11.1 Å². The van der Waals surface area contributed by atoms with E-state index >= 15 is 0 Å². The van der Waals surface area contributed by atoms with Crippen molar-refractivity contribution in [3.8, 4) is 39.6 Å². The fourth-order valence-corrected chi connectivity index (χ4v) is 3.44. The predicted molar refractivity (Wildman–Crippen MR) is 112 cm³/mol. The van der Waals surface area contributed by atoms with Gasteiger partial charge in [0.15, 0.2) is 11.5 Å². The summed E-state index contributed by atoms with van der Waals surface area (Å²) in [4.78, 5) is 4.62. The fourth-order valence-electron chi connectivity index (χ4n) is 3.44. The first-order valence-electron chi connectivity index (χ1n) is 9.09. The molecule has 0 saturated carbocycles. The van der Waals surface area contributed by atoms with E-state index in [-0.39, 0.29) is 5.82 Å². The summed E-state index contributed by atoms with van der Waals surface area (Å²) >= 11 is 0. The van der Waals surface area contributed by atoms with Gasteiger partial charge < -0.3 is 14.2 Å². The van der Waals surface area contributed by atoms with Crippen molar-refractivity contribution in [2.24, 2.45) is 0 Å². The van der Waals surface area contributed by atoms with Gasteiger partial charge in [-0.3, -0.25) is 4.98 Å². The monoisotopic (exact) mass is 389 g/mol. The van der Waals surface area contributed by atoms with E-state index in [1.165, 1.54) is 12.1 Å². The first-order chi connectivity index (χ1) is 14.1. The molecule has 0 N–H and O–H groups in total. The Morgan fingerprint density at radius 2 is 1.34 bits per heavy atom. The zero-order chi connectivity index (χ0) is 20.4. The van der Waals surface area contributed by atoms with Crippen LogP contribution in [-0.2, 0) is 0 Å². The van der Waals surface area contributed by atoms with Crippen molar-refractivity contribution in [3.05, 3.63) is 72.7 Å². The Hall–Kier alpha value is -3.60. The van der Waals surface area contributed by atoms with Crippen molar-refractivity contribution < 1.29 is 18.6 Å². The summed E-state index contributed by atoms with van der Waals surface area (Å²) in [5.74, 6) is 1.41. The first-order valence-corrected chi connectivity index (χ1v) is 9.09. The van der Waals surface area contributed by atoms with E-state index in [9.17, 15) is 4.39 Å². The minimum absolute atomic E-state index is 0.255. The first kappa shape index (κ1) is 18.7. The van der Waals surface area contributed by atoms with E-state index in [1.807, 2.05) is 30.3 Å². The van der Waals surface area contributed by atoms with Gasteiger partial charge in [-0.25, -0.2) is 4.39 Å². The number of ether oxygens (including phenoxy) is 3. The highest BCUT2D eigenvalue weighted by atomic mass is 19.1. The molecule has 29 heavy (non-hydrogen) atoms. The Bertz CT molecular complexity index is 1150. The van der Waals surface area contributed by atoms with Crippen molar-refractivity contribution >= 4 is 10.8 Å². The van der Waals surface area contributed by atoms with Gasteiger partial charge in [0.2, 0.25) is 5.75 Å². The lowest BCUT2D eigenvalue weighted by atomic mass is 9.98. The van der Waals surface area contributed by atoms with Crippen LogP contribution in [0.3, 0.4) is 0 Å². The molecular weight excluding hydrogens is 369 g/mol. The zero-order valence-corrected chi connectivity index (χ0v) is 16.4. The van der Waals surface area contributed by atoms with Gasteiger partial charge in [0.25, 0.3) is 0 Å².